The van der Waals surface area contributed by atoms with E-state index in [0.29, 0.717) is 18.8 Å². The number of piperazine rings is 1. The molecule has 0 N–H and O–H groups in total. The SMILES string of the molecule is COC(=O)[C@H]1SC[C@@H](C(=O)OC)N1C(=O)CN1CCN(c2ccc(OC)cc2)CC1. The Bertz CT molecular complexity index is 742. The Hall–Kier alpha value is -2.46. The van der Waals surface area contributed by atoms with Crippen molar-refractivity contribution in [3.63, 3.8) is 0 Å². The maximum absolute atomic E-state index is 13.0. The summed E-state index contributed by atoms with van der Waals surface area (Å²) in [5.74, 6) is -0.213. The van der Waals surface area contributed by atoms with Crippen molar-refractivity contribution in [2.75, 3.05) is 64.7 Å². The van der Waals surface area contributed by atoms with Gasteiger partial charge in [-0.1, -0.05) is 0 Å². The lowest BCUT2D eigenvalue weighted by molar-refractivity contribution is -0.157. The van der Waals surface area contributed by atoms with E-state index >= 15 is 0 Å². The van der Waals surface area contributed by atoms with Crippen LogP contribution in [0, 0.1) is 0 Å². The van der Waals surface area contributed by atoms with E-state index in [2.05, 4.69) is 4.90 Å². The van der Waals surface area contributed by atoms with Gasteiger partial charge in [0.15, 0.2) is 5.37 Å². The molecule has 0 bridgehead atoms. The largest absolute Gasteiger partial charge is 0.497 e. The number of hydrogen-bond acceptors (Lipinski definition) is 9. The second-order valence-corrected chi connectivity index (χ2v) is 8.12. The highest BCUT2D eigenvalue weighted by atomic mass is 32.2. The van der Waals surface area contributed by atoms with Crippen molar-refractivity contribution in [2.24, 2.45) is 0 Å². The van der Waals surface area contributed by atoms with Crippen molar-refractivity contribution in [1.82, 2.24) is 9.80 Å². The fraction of sp³-hybridized carbons (Fsp3) is 0.550. The molecule has 1 aromatic rings. The van der Waals surface area contributed by atoms with E-state index in [1.54, 1.807) is 7.11 Å². The maximum Gasteiger partial charge on any atom is 0.339 e. The molecule has 2 atom stereocenters. The molecule has 2 fully saturated rings. The lowest BCUT2D eigenvalue weighted by atomic mass is 10.2. The Morgan fingerprint density at radius 3 is 2.17 bits per heavy atom. The Morgan fingerprint density at radius 1 is 0.967 bits per heavy atom. The number of anilines is 1. The number of benzene rings is 1. The van der Waals surface area contributed by atoms with E-state index in [4.69, 9.17) is 14.2 Å². The first-order valence-electron chi connectivity index (χ1n) is 9.68. The second-order valence-electron chi connectivity index (χ2n) is 7.01. The minimum Gasteiger partial charge on any atom is -0.497 e. The van der Waals surface area contributed by atoms with Crippen LogP contribution in [0.15, 0.2) is 24.3 Å². The van der Waals surface area contributed by atoms with Gasteiger partial charge < -0.3 is 24.0 Å². The molecular weight excluding hydrogens is 410 g/mol. The molecule has 164 valence electrons. The van der Waals surface area contributed by atoms with Gasteiger partial charge in [-0.05, 0) is 24.3 Å². The molecule has 0 spiro atoms. The van der Waals surface area contributed by atoms with Gasteiger partial charge >= 0.3 is 11.9 Å². The van der Waals surface area contributed by atoms with Crippen molar-refractivity contribution in [1.29, 1.82) is 0 Å². The predicted molar refractivity (Wildman–Crippen MR) is 113 cm³/mol. The second kappa shape index (κ2) is 10.0. The fourth-order valence-corrected chi connectivity index (χ4v) is 4.96. The van der Waals surface area contributed by atoms with Crippen LogP contribution in [0.25, 0.3) is 0 Å². The third-order valence-electron chi connectivity index (χ3n) is 5.33. The Morgan fingerprint density at radius 2 is 1.60 bits per heavy atom. The van der Waals surface area contributed by atoms with Crippen LogP contribution >= 0.6 is 11.8 Å². The third-order valence-corrected chi connectivity index (χ3v) is 6.58. The standard InChI is InChI=1S/C20H27N3O6S/c1-27-15-6-4-14(5-7-15)22-10-8-21(9-11-22)12-17(24)23-16(19(25)28-2)13-30-18(23)20(26)29-3/h4-7,16,18H,8-13H2,1-3H3/t16-,18+/m0/s1. The molecule has 9 nitrogen and oxygen atoms in total. The van der Waals surface area contributed by atoms with Crippen molar-refractivity contribution in [3.05, 3.63) is 24.3 Å². The molecule has 2 heterocycles. The highest BCUT2D eigenvalue weighted by molar-refractivity contribution is 8.00. The summed E-state index contributed by atoms with van der Waals surface area (Å²) in [5, 5.41) is -0.827. The number of nitrogens with zero attached hydrogens (tertiary/aromatic N) is 3. The summed E-state index contributed by atoms with van der Waals surface area (Å²) in [6.45, 7) is 3.08. The molecule has 1 aromatic carbocycles. The van der Waals surface area contributed by atoms with Crippen LogP contribution in [0.5, 0.6) is 5.75 Å². The summed E-state index contributed by atoms with van der Waals surface area (Å²) in [7, 11) is 4.19. The van der Waals surface area contributed by atoms with Crippen LogP contribution in [-0.2, 0) is 23.9 Å². The van der Waals surface area contributed by atoms with Gasteiger partial charge in [0.25, 0.3) is 0 Å². The molecule has 3 rings (SSSR count). The van der Waals surface area contributed by atoms with E-state index in [0.717, 1.165) is 24.5 Å². The monoisotopic (exact) mass is 437 g/mol. The highest BCUT2D eigenvalue weighted by Gasteiger charge is 2.46. The Labute approximate surface area is 180 Å². The number of ether oxygens (including phenoxy) is 3. The predicted octanol–water partition coefficient (Wildman–Crippen LogP) is 0.433. The summed E-state index contributed by atoms with van der Waals surface area (Å²) in [6, 6.07) is 7.11. The molecule has 10 heteroatoms. The third kappa shape index (κ3) is 4.81. The quantitative estimate of drug-likeness (QED) is 0.588. The number of methoxy groups -OCH3 is 3. The van der Waals surface area contributed by atoms with Crippen LogP contribution in [0.1, 0.15) is 0 Å². The number of carbonyl (C=O) groups excluding carboxylic acids is 3. The van der Waals surface area contributed by atoms with Crippen LogP contribution in [0.2, 0.25) is 0 Å². The summed E-state index contributed by atoms with van der Waals surface area (Å²) >= 11 is 1.22. The molecule has 2 aliphatic rings. The van der Waals surface area contributed by atoms with Crippen molar-refractivity contribution >= 4 is 35.3 Å². The molecule has 30 heavy (non-hydrogen) atoms. The van der Waals surface area contributed by atoms with Gasteiger partial charge in [-0.2, -0.15) is 0 Å². The number of amides is 1. The molecule has 0 aliphatic carbocycles. The topological polar surface area (TPSA) is 88.6 Å². The fourth-order valence-electron chi connectivity index (χ4n) is 3.64. The van der Waals surface area contributed by atoms with Crippen LogP contribution in [0.4, 0.5) is 5.69 Å². The average Bonchev–Trinajstić information content (AvgIpc) is 3.24. The molecule has 2 saturated heterocycles. The normalized spacial score (nSPS) is 22.0. The maximum atomic E-state index is 13.0. The molecule has 1 amide bonds. The molecular formula is C20H27N3O6S. The van der Waals surface area contributed by atoms with Crippen molar-refractivity contribution in [2.45, 2.75) is 11.4 Å². The zero-order valence-electron chi connectivity index (χ0n) is 17.4. The van der Waals surface area contributed by atoms with Crippen LogP contribution < -0.4 is 9.64 Å². The number of hydrogen-bond donors (Lipinski definition) is 0. The van der Waals surface area contributed by atoms with Crippen molar-refractivity contribution < 1.29 is 28.6 Å². The summed E-state index contributed by atoms with van der Waals surface area (Å²) in [5.41, 5.74) is 1.11. The summed E-state index contributed by atoms with van der Waals surface area (Å²) in [4.78, 5) is 42.8. The number of thioether (sulfide) groups is 1. The zero-order valence-corrected chi connectivity index (χ0v) is 18.2. The molecule has 2 aliphatic heterocycles. The lowest BCUT2D eigenvalue weighted by Crippen LogP contribution is -2.54. The zero-order chi connectivity index (χ0) is 21.7. The number of esters is 2. The van der Waals surface area contributed by atoms with E-state index < -0.39 is 23.4 Å². The first-order chi connectivity index (χ1) is 14.5. The van der Waals surface area contributed by atoms with Crippen LogP contribution in [-0.4, -0.2) is 98.9 Å². The van der Waals surface area contributed by atoms with Gasteiger partial charge in [-0.15, -0.1) is 11.8 Å². The minimum atomic E-state index is -0.827. The average molecular weight is 438 g/mol. The van der Waals surface area contributed by atoms with Gasteiger partial charge in [0.05, 0.1) is 27.9 Å². The van der Waals surface area contributed by atoms with E-state index in [1.807, 2.05) is 29.2 Å². The van der Waals surface area contributed by atoms with E-state index in [9.17, 15) is 14.4 Å². The molecule has 0 unspecified atom stereocenters. The molecule has 0 radical (unpaired) electrons. The first kappa shape index (κ1) is 22.2. The Balaban J connectivity index is 1.60. The first-order valence-corrected chi connectivity index (χ1v) is 10.7. The van der Waals surface area contributed by atoms with Gasteiger partial charge in [0, 0.05) is 37.6 Å². The molecule has 0 aromatic heterocycles. The van der Waals surface area contributed by atoms with Crippen molar-refractivity contribution in [3.8, 4) is 5.75 Å². The van der Waals surface area contributed by atoms with Gasteiger partial charge in [-0.25, -0.2) is 9.59 Å². The van der Waals surface area contributed by atoms with E-state index in [1.165, 1.54) is 30.9 Å². The molecule has 0 saturated carbocycles. The minimum absolute atomic E-state index is 0.137. The number of carbonyl (C=O) groups is 3. The lowest BCUT2D eigenvalue weighted by Gasteiger charge is -2.37. The van der Waals surface area contributed by atoms with Gasteiger partial charge in [-0.3, -0.25) is 9.69 Å². The van der Waals surface area contributed by atoms with Gasteiger partial charge in [0.1, 0.15) is 11.8 Å². The highest BCUT2D eigenvalue weighted by Crippen LogP contribution is 2.31. The smallest absolute Gasteiger partial charge is 0.339 e. The van der Waals surface area contributed by atoms with Gasteiger partial charge in [0.2, 0.25) is 5.91 Å². The van der Waals surface area contributed by atoms with Crippen LogP contribution in [0.3, 0.4) is 0 Å². The van der Waals surface area contributed by atoms with E-state index in [-0.39, 0.29) is 12.5 Å². The Kier molecular flexibility index (Phi) is 7.43. The summed E-state index contributed by atoms with van der Waals surface area (Å²) < 4.78 is 14.8. The summed E-state index contributed by atoms with van der Waals surface area (Å²) in [6.07, 6.45) is 0. The number of rotatable bonds is 6.